The van der Waals surface area contributed by atoms with Crippen molar-refractivity contribution in [1.82, 2.24) is 16.0 Å². The summed E-state index contributed by atoms with van der Waals surface area (Å²) in [4.78, 5) is 56.8. The molecule has 0 aliphatic carbocycles. The minimum Gasteiger partial charge on any atom is -0.480 e. The van der Waals surface area contributed by atoms with Gasteiger partial charge in [-0.3, -0.25) is 24.0 Å². The minimum absolute atomic E-state index is 0.489. The number of carbonyl (C=O) groups excluding carboxylic acids is 4. The molecule has 10 N–H and O–H groups in total. The van der Waals surface area contributed by atoms with Gasteiger partial charge in [-0.15, -0.1) is 0 Å². The normalized spacial score (nSPS) is 15.1. The number of aliphatic hydroxyl groups is 2. The fraction of sp³-hybridized carbons (Fsp3) is 0.615. The molecule has 4 atom stereocenters. The molecule has 0 bridgehead atoms. The van der Waals surface area contributed by atoms with Crippen LogP contribution in [-0.4, -0.2) is 82.3 Å². The first-order chi connectivity index (χ1) is 12.0. The van der Waals surface area contributed by atoms with Gasteiger partial charge in [0.05, 0.1) is 25.2 Å². The van der Waals surface area contributed by atoms with Gasteiger partial charge in [0.2, 0.25) is 23.6 Å². The van der Waals surface area contributed by atoms with Crippen LogP contribution in [0.5, 0.6) is 0 Å². The quantitative estimate of drug-likeness (QED) is 0.171. The van der Waals surface area contributed by atoms with Gasteiger partial charge < -0.3 is 42.7 Å². The zero-order valence-electron chi connectivity index (χ0n) is 14.0. The summed E-state index contributed by atoms with van der Waals surface area (Å²) in [5, 5.41) is 33.4. The summed E-state index contributed by atoms with van der Waals surface area (Å²) >= 11 is 0. The van der Waals surface area contributed by atoms with Crippen molar-refractivity contribution in [2.75, 3.05) is 13.2 Å². The van der Waals surface area contributed by atoms with Gasteiger partial charge in [0.15, 0.2) is 0 Å². The van der Waals surface area contributed by atoms with Gasteiger partial charge in [-0.2, -0.15) is 0 Å². The summed E-state index contributed by atoms with van der Waals surface area (Å²) in [6.07, 6.45) is -1.90. The SMILES string of the molecule is CC(O)C(NC(=O)C(N)CC(N)=O)C(=O)NC(CO)C(=O)NCC(=O)O. The molecule has 0 rings (SSSR count). The van der Waals surface area contributed by atoms with Crippen LogP contribution in [0.3, 0.4) is 0 Å². The third kappa shape index (κ3) is 8.36. The van der Waals surface area contributed by atoms with E-state index in [4.69, 9.17) is 21.7 Å². The number of nitrogens with one attached hydrogen (secondary N) is 3. The number of aliphatic hydroxyl groups excluding tert-OH is 2. The van der Waals surface area contributed by atoms with E-state index in [1.807, 2.05) is 5.32 Å². The smallest absolute Gasteiger partial charge is 0.322 e. The van der Waals surface area contributed by atoms with Crippen molar-refractivity contribution in [2.24, 2.45) is 11.5 Å². The third-order valence-corrected chi connectivity index (χ3v) is 3.05. The molecule has 13 nitrogen and oxygen atoms in total. The van der Waals surface area contributed by atoms with Crippen LogP contribution in [0, 0.1) is 0 Å². The second-order valence-corrected chi connectivity index (χ2v) is 5.36. The van der Waals surface area contributed by atoms with E-state index < -0.39 is 73.4 Å². The van der Waals surface area contributed by atoms with Crippen molar-refractivity contribution in [3.63, 3.8) is 0 Å². The van der Waals surface area contributed by atoms with Gasteiger partial charge in [-0.25, -0.2) is 0 Å². The van der Waals surface area contributed by atoms with Crippen molar-refractivity contribution in [2.45, 2.75) is 37.6 Å². The maximum Gasteiger partial charge on any atom is 0.322 e. The number of carboxylic acid groups (broad SMARTS) is 1. The highest BCUT2D eigenvalue weighted by atomic mass is 16.4. The van der Waals surface area contributed by atoms with Crippen molar-refractivity contribution in [3.05, 3.63) is 0 Å². The predicted molar refractivity (Wildman–Crippen MR) is 85.1 cm³/mol. The second-order valence-electron chi connectivity index (χ2n) is 5.36. The maximum absolute atomic E-state index is 12.2. The van der Waals surface area contributed by atoms with E-state index >= 15 is 0 Å². The van der Waals surface area contributed by atoms with E-state index in [-0.39, 0.29) is 0 Å². The molecule has 4 amide bonds. The van der Waals surface area contributed by atoms with E-state index in [1.165, 1.54) is 6.92 Å². The topological polar surface area (TPSA) is 234 Å². The van der Waals surface area contributed by atoms with Crippen LogP contribution in [0.2, 0.25) is 0 Å². The molecule has 0 saturated heterocycles. The molecule has 0 aromatic carbocycles. The molecule has 0 aromatic rings. The molecule has 26 heavy (non-hydrogen) atoms. The van der Waals surface area contributed by atoms with Gasteiger partial charge in [0, 0.05) is 0 Å². The van der Waals surface area contributed by atoms with Crippen LogP contribution in [-0.2, 0) is 24.0 Å². The summed E-state index contributed by atoms with van der Waals surface area (Å²) in [5.41, 5.74) is 10.3. The lowest BCUT2D eigenvalue weighted by molar-refractivity contribution is -0.139. The van der Waals surface area contributed by atoms with Gasteiger partial charge in [0.25, 0.3) is 0 Å². The van der Waals surface area contributed by atoms with E-state index in [0.29, 0.717) is 0 Å². The average molecular weight is 377 g/mol. The number of carbonyl (C=O) groups is 5. The number of carboxylic acids is 1. The van der Waals surface area contributed by atoms with E-state index in [2.05, 4.69) is 10.6 Å². The molecule has 0 saturated carbocycles. The molecule has 0 radical (unpaired) electrons. The van der Waals surface area contributed by atoms with Gasteiger partial charge in [-0.05, 0) is 6.92 Å². The highest BCUT2D eigenvalue weighted by Gasteiger charge is 2.31. The molecule has 13 heteroatoms. The largest absolute Gasteiger partial charge is 0.480 e. The summed E-state index contributed by atoms with van der Waals surface area (Å²) in [6, 6.07) is -4.42. The molecular formula is C13H23N5O8. The van der Waals surface area contributed by atoms with Crippen LogP contribution in [0.4, 0.5) is 0 Å². The van der Waals surface area contributed by atoms with Crippen molar-refractivity contribution >= 4 is 29.6 Å². The number of primary amides is 1. The van der Waals surface area contributed by atoms with Crippen molar-refractivity contribution in [1.29, 1.82) is 0 Å². The highest BCUT2D eigenvalue weighted by molar-refractivity contribution is 5.95. The lowest BCUT2D eigenvalue weighted by Crippen LogP contribution is -2.60. The molecule has 0 fully saturated rings. The molecule has 4 unspecified atom stereocenters. The van der Waals surface area contributed by atoms with Crippen LogP contribution in [0.1, 0.15) is 13.3 Å². The Bertz CT molecular complexity index is 553. The van der Waals surface area contributed by atoms with E-state index in [9.17, 15) is 29.1 Å². The van der Waals surface area contributed by atoms with Crippen LogP contribution in [0.25, 0.3) is 0 Å². The average Bonchev–Trinajstić information content (AvgIpc) is 2.53. The summed E-state index contributed by atoms with van der Waals surface area (Å²) < 4.78 is 0. The number of hydrogen-bond donors (Lipinski definition) is 8. The number of aliphatic carboxylic acids is 1. The van der Waals surface area contributed by atoms with E-state index in [0.717, 1.165) is 0 Å². The van der Waals surface area contributed by atoms with Gasteiger partial charge >= 0.3 is 5.97 Å². The lowest BCUT2D eigenvalue weighted by atomic mass is 10.1. The Morgan fingerprint density at radius 2 is 1.62 bits per heavy atom. The first-order valence-corrected chi connectivity index (χ1v) is 7.42. The van der Waals surface area contributed by atoms with Crippen LogP contribution in [0.15, 0.2) is 0 Å². The summed E-state index contributed by atoms with van der Waals surface area (Å²) in [6.45, 7) is -0.425. The Balaban J connectivity index is 4.94. The van der Waals surface area contributed by atoms with Crippen molar-refractivity contribution < 1.29 is 39.3 Å². The maximum atomic E-state index is 12.2. The van der Waals surface area contributed by atoms with Crippen molar-refractivity contribution in [3.8, 4) is 0 Å². The minimum atomic E-state index is -1.55. The summed E-state index contributed by atoms with van der Waals surface area (Å²) in [7, 11) is 0. The zero-order valence-corrected chi connectivity index (χ0v) is 14.0. The molecule has 0 aliphatic rings. The Morgan fingerprint density at radius 3 is 2.04 bits per heavy atom. The van der Waals surface area contributed by atoms with Gasteiger partial charge in [-0.1, -0.05) is 0 Å². The Kier molecular flexibility index (Phi) is 9.80. The molecule has 0 heterocycles. The predicted octanol–water partition coefficient (Wildman–Crippen LogP) is -5.27. The molecular weight excluding hydrogens is 354 g/mol. The first-order valence-electron chi connectivity index (χ1n) is 7.42. The Morgan fingerprint density at radius 1 is 1.04 bits per heavy atom. The number of amides is 4. The molecule has 0 spiro atoms. The number of nitrogens with two attached hydrogens (primary N) is 2. The number of hydrogen-bond acceptors (Lipinski definition) is 8. The van der Waals surface area contributed by atoms with Crippen LogP contribution < -0.4 is 27.4 Å². The first kappa shape index (κ1) is 23.2. The number of rotatable bonds is 11. The van der Waals surface area contributed by atoms with E-state index in [1.54, 1.807) is 0 Å². The fourth-order valence-corrected chi connectivity index (χ4v) is 1.72. The fourth-order valence-electron chi connectivity index (χ4n) is 1.72. The summed E-state index contributed by atoms with van der Waals surface area (Å²) in [5.74, 6) is -5.14. The monoisotopic (exact) mass is 377 g/mol. The third-order valence-electron chi connectivity index (χ3n) is 3.05. The molecule has 0 aliphatic heterocycles. The zero-order chi connectivity index (χ0) is 20.4. The lowest BCUT2D eigenvalue weighted by Gasteiger charge is -2.24. The molecule has 0 aromatic heterocycles. The highest BCUT2D eigenvalue weighted by Crippen LogP contribution is 1.98. The second kappa shape index (κ2) is 11.0. The van der Waals surface area contributed by atoms with Gasteiger partial charge in [0.1, 0.15) is 18.6 Å². The Hall–Kier alpha value is -2.77. The van der Waals surface area contributed by atoms with Crippen LogP contribution >= 0.6 is 0 Å². The molecule has 148 valence electrons. The Labute approximate surface area is 148 Å². The standard InChI is InChI=1S/C13H23N5O8/c1-5(20)10(18-11(24)6(14)2-8(15)21)13(26)17-7(4-19)12(25)16-3-9(22)23/h5-7,10,19-20H,2-4,14H2,1H3,(H2,15,21)(H,16,25)(H,17,26)(H,18,24)(H,22,23).